The van der Waals surface area contributed by atoms with Gasteiger partial charge in [-0.25, -0.2) is 4.39 Å². The molecular weight excluding hydrogens is 271 g/mol. The zero-order valence-corrected chi connectivity index (χ0v) is 12.7. The first-order chi connectivity index (χ1) is 10.2. The van der Waals surface area contributed by atoms with Crippen molar-refractivity contribution in [1.82, 2.24) is 10.2 Å². The quantitative estimate of drug-likeness (QED) is 0.876. The monoisotopic (exact) mass is 294 g/mol. The van der Waals surface area contributed by atoms with E-state index in [9.17, 15) is 9.18 Å². The average molecular weight is 294 g/mol. The second-order valence-electron chi connectivity index (χ2n) is 5.39. The lowest BCUT2D eigenvalue weighted by Crippen LogP contribution is -2.41. The Hall–Kier alpha value is -1.62. The molecule has 1 N–H and O–H groups in total. The van der Waals surface area contributed by atoms with Crippen LogP contribution in [0, 0.1) is 5.82 Å². The minimum Gasteiger partial charge on any atom is -0.494 e. The lowest BCUT2D eigenvalue weighted by Gasteiger charge is -2.25. The Morgan fingerprint density at radius 2 is 2.33 bits per heavy atom. The molecule has 0 bridgehead atoms. The number of nitrogens with zero attached hydrogens (tertiary/aromatic N) is 1. The summed E-state index contributed by atoms with van der Waals surface area (Å²) in [6.07, 6.45) is 3.15. The van der Waals surface area contributed by atoms with Crippen LogP contribution in [-0.2, 0) is 0 Å². The van der Waals surface area contributed by atoms with E-state index >= 15 is 0 Å². The molecule has 1 saturated heterocycles. The minimum absolute atomic E-state index is 0.0659. The molecule has 0 saturated carbocycles. The van der Waals surface area contributed by atoms with Crippen molar-refractivity contribution in [3.63, 3.8) is 0 Å². The molecule has 21 heavy (non-hydrogen) atoms. The Kier molecular flexibility index (Phi) is 5.56. The van der Waals surface area contributed by atoms with E-state index in [1.54, 1.807) is 0 Å². The van der Waals surface area contributed by atoms with Crippen LogP contribution in [0.4, 0.5) is 4.39 Å². The van der Waals surface area contributed by atoms with Crippen molar-refractivity contribution in [2.75, 3.05) is 26.7 Å². The second kappa shape index (κ2) is 7.41. The van der Waals surface area contributed by atoms with Crippen LogP contribution >= 0.6 is 0 Å². The van der Waals surface area contributed by atoms with Crippen molar-refractivity contribution in [3.05, 3.63) is 29.6 Å². The van der Waals surface area contributed by atoms with Gasteiger partial charge in [0.1, 0.15) is 0 Å². The molecule has 0 aliphatic carbocycles. The van der Waals surface area contributed by atoms with Crippen molar-refractivity contribution >= 4 is 5.91 Å². The molecule has 1 heterocycles. The van der Waals surface area contributed by atoms with Crippen molar-refractivity contribution in [2.45, 2.75) is 32.2 Å². The molecule has 1 aliphatic heterocycles. The lowest BCUT2D eigenvalue weighted by atomic mass is 10.1. The van der Waals surface area contributed by atoms with Gasteiger partial charge in [-0.2, -0.15) is 0 Å². The SMILES string of the molecule is CCCN(CC1CCCN1)C(=O)c1ccc(F)c(OC)c1. The van der Waals surface area contributed by atoms with E-state index in [2.05, 4.69) is 5.32 Å². The fourth-order valence-corrected chi connectivity index (χ4v) is 2.70. The number of carbonyl (C=O) groups is 1. The normalized spacial score (nSPS) is 17.8. The number of halogens is 1. The van der Waals surface area contributed by atoms with Crippen LogP contribution < -0.4 is 10.1 Å². The second-order valence-corrected chi connectivity index (χ2v) is 5.39. The van der Waals surface area contributed by atoms with Crippen molar-refractivity contribution in [2.24, 2.45) is 0 Å². The number of ether oxygens (including phenoxy) is 1. The summed E-state index contributed by atoms with van der Waals surface area (Å²) < 4.78 is 18.4. The molecule has 1 fully saturated rings. The summed E-state index contributed by atoms with van der Waals surface area (Å²) in [6.45, 7) is 4.47. The van der Waals surface area contributed by atoms with Crippen molar-refractivity contribution in [1.29, 1.82) is 0 Å². The van der Waals surface area contributed by atoms with E-state index in [0.717, 1.165) is 25.8 Å². The average Bonchev–Trinajstić information content (AvgIpc) is 2.99. The number of methoxy groups -OCH3 is 1. The molecule has 1 aliphatic rings. The third-order valence-electron chi connectivity index (χ3n) is 3.78. The van der Waals surface area contributed by atoms with Crippen LogP contribution in [0.3, 0.4) is 0 Å². The van der Waals surface area contributed by atoms with Gasteiger partial charge in [-0.15, -0.1) is 0 Å². The molecule has 0 aromatic heterocycles. The summed E-state index contributed by atoms with van der Waals surface area (Å²) in [4.78, 5) is 14.5. The third-order valence-corrected chi connectivity index (χ3v) is 3.78. The molecular formula is C16H23FN2O2. The maximum Gasteiger partial charge on any atom is 0.254 e. The van der Waals surface area contributed by atoms with Gasteiger partial charge in [-0.05, 0) is 44.0 Å². The number of amides is 1. The van der Waals surface area contributed by atoms with Crippen LogP contribution in [0.15, 0.2) is 18.2 Å². The predicted octanol–water partition coefficient (Wildman–Crippen LogP) is 2.44. The number of benzene rings is 1. The van der Waals surface area contributed by atoms with Gasteiger partial charge in [-0.3, -0.25) is 4.79 Å². The van der Waals surface area contributed by atoms with Gasteiger partial charge >= 0.3 is 0 Å². The van der Waals surface area contributed by atoms with Crippen LogP contribution in [0.25, 0.3) is 0 Å². The molecule has 1 atom stereocenters. The third kappa shape index (κ3) is 3.94. The summed E-state index contributed by atoms with van der Waals surface area (Å²) in [5.41, 5.74) is 0.472. The highest BCUT2D eigenvalue weighted by Crippen LogP contribution is 2.20. The molecule has 1 aromatic carbocycles. The van der Waals surface area contributed by atoms with Gasteiger partial charge < -0.3 is 15.0 Å². The Morgan fingerprint density at radius 1 is 1.52 bits per heavy atom. The summed E-state index contributed by atoms with van der Waals surface area (Å²) in [6, 6.07) is 4.64. The number of rotatable bonds is 6. The van der Waals surface area contributed by atoms with Gasteiger partial charge in [0, 0.05) is 24.7 Å². The van der Waals surface area contributed by atoms with Crippen LogP contribution in [0.1, 0.15) is 36.5 Å². The Labute approximate surface area is 125 Å². The zero-order chi connectivity index (χ0) is 15.2. The number of hydrogen-bond acceptors (Lipinski definition) is 3. The predicted molar refractivity (Wildman–Crippen MR) is 80.2 cm³/mol. The topological polar surface area (TPSA) is 41.6 Å². The first-order valence-corrected chi connectivity index (χ1v) is 7.52. The van der Waals surface area contributed by atoms with Crippen LogP contribution in [0.5, 0.6) is 5.75 Å². The molecule has 2 rings (SSSR count). The smallest absolute Gasteiger partial charge is 0.254 e. The maximum atomic E-state index is 13.5. The fourth-order valence-electron chi connectivity index (χ4n) is 2.70. The summed E-state index contributed by atoms with van der Waals surface area (Å²) in [7, 11) is 1.40. The largest absolute Gasteiger partial charge is 0.494 e. The lowest BCUT2D eigenvalue weighted by molar-refractivity contribution is 0.0741. The minimum atomic E-state index is -0.450. The van der Waals surface area contributed by atoms with Gasteiger partial charge in [-0.1, -0.05) is 6.92 Å². The first kappa shape index (κ1) is 15.8. The van der Waals surface area contributed by atoms with Crippen LogP contribution in [-0.4, -0.2) is 43.6 Å². The van der Waals surface area contributed by atoms with Crippen molar-refractivity contribution in [3.8, 4) is 5.75 Å². The number of nitrogens with one attached hydrogen (secondary N) is 1. The Bertz CT molecular complexity index is 487. The molecule has 1 aromatic rings. The van der Waals surface area contributed by atoms with E-state index in [1.165, 1.54) is 25.3 Å². The summed E-state index contributed by atoms with van der Waals surface area (Å²) in [5, 5.41) is 3.40. The van der Waals surface area contributed by atoms with E-state index in [4.69, 9.17) is 4.74 Å². The fraction of sp³-hybridized carbons (Fsp3) is 0.562. The van der Waals surface area contributed by atoms with Crippen molar-refractivity contribution < 1.29 is 13.9 Å². The number of hydrogen-bond donors (Lipinski definition) is 1. The van der Waals surface area contributed by atoms with E-state index in [0.29, 0.717) is 24.7 Å². The zero-order valence-electron chi connectivity index (χ0n) is 12.7. The van der Waals surface area contributed by atoms with E-state index < -0.39 is 5.82 Å². The van der Waals surface area contributed by atoms with Gasteiger partial charge in [0.25, 0.3) is 5.91 Å². The Balaban J connectivity index is 2.12. The highest BCUT2D eigenvalue weighted by Gasteiger charge is 2.22. The molecule has 4 nitrogen and oxygen atoms in total. The van der Waals surface area contributed by atoms with Gasteiger partial charge in [0.2, 0.25) is 0 Å². The highest BCUT2D eigenvalue weighted by atomic mass is 19.1. The molecule has 116 valence electrons. The Morgan fingerprint density at radius 3 is 2.95 bits per heavy atom. The first-order valence-electron chi connectivity index (χ1n) is 7.52. The summed E-state index contributed by atoms with van der Waals surface area (Å²) in [5.74, 6) is -0.409. The molecule has 0 radical (unpaired) electrons. The molecule has 1 unspecified atom stereocenters. The highest BCUT2D eigenvalue weighted by molar-refractivity contribution is 5.94. The van der Waals surface area contributed by atoms with Gasteiger partial charge in [0.05, 0.1) is 7.11 Å². The molecule has 1 amide bonds. The molecule has 0 spiro atoms. The number of carbonyl (C=O) groups excluding carboxylic acids is 1. The summed E-state index contributed by atoms with van der Waals surface area (Å²) >= 11 is 0. The standard InChI is InChI=1S/C16H23FN2O2/c1-3-9-19(11-13-5-4-8-18-13)16(20)12-6-7-14(17)15(10-12)21-2/h6-7,10,13,18H,3-5,8-9,11H2,1-2H3. The molecule has 5 heteroatoms. The van der Waals surface area contributed by atoms with Gasteiger partial charge in [0.15, 0.2) is 11.6 Å². The van der Waals surface area contributed by atoms with E-state index in [-0.39, 0.29) is 11.7 Å². The van der Waals surface area contributed by atoms with E-state index in [1.807, 2.05) is 11.8 Å². The maximum absolute atomic E-state index is 13.5. The van der Waals surface area contributed by atoms with Crippen LogP contribution in [0.2, 0.25) is 0 Å².